The molecule has 3 heteroatoms. The zero-order valence-electron chi connectivity index (χ0n) is 21.8. The van der Waals surface area contributed by atoms with Gasteiger partial charge in [0.25, 0.3) is 0 Å². The quantitative estimate of drug-likeness (QED) is 0.184. The van der Waals surface area contributed by atoms with Crippen LogP contribution in [-0.2, 0) is 9.53 Å². The number of esters is 1. The fourth-order valence-corrected chi connectivity index (χ4v) is 2.74. The Balaban J connectivity index is 0. The molecule has 0 aromatic heterocycles. The summed E-state index contributed by atoms with van der Waals surface area (Å²) in [4.78, 5) is 11.2. The van der Waals surface area contributed by atoms with Gasteiger partial charge in [0.05, 0.1) is 13.2 Å². The highest BCUT2D eigenvalue weighted by atomic mass is 16.5. The molecule has 0 unspecified atom stereocenters. The van der Waals surface area contributed by atoms with Gasteiger partial charge in [-0.15, -0.1) is 0 Å². The van der Waals surface area contributed by atoms with E-state index in [0.717, 1.165) is 24.3 Å². The molecule has 3 nitrogen and oxygen atoms in total. The van der Waals surface area contributed by atoms with Crippen LogP contribution in [0.3, 0.4) is 0 Å². The van der Waals surface area contributed by atoms with E-state index in [-0.39, 0.29) is 12.6 Å². The monoisotopic (exact) mass is 434 g/mol. The van der Waals surface area contributed by atoms with Gasteiger partial charge in [-0.3, -0.25) is 0 Å². The maximum atomic E-state index is 11.2. The van der Waals surface area contributed by atoms with Crippen LogP contribution in [0.15, 0.2) is 47.6 Å². The van der Waals surface area contributed by atoms with Crippen molar-refractivity contribution in [2.45, 2.75) is 88.0 Å². The van der Waals surface area contributed by atoms with Crippen molar-refractivity contribution >= 4 is 5.97 Å². The van der Waals surface area contributed by atoms with E-state index in [0.29, 0.717) is 24.4 Å². The highest BCUT2D eigenvalue weighted by molar-refractivity contribution is 5.82. The standard InChI is InChI=1S/C15H26O2.C13H24O/c1-6-13(4)14(5)10-8-9-12(3)11-15(16)17-7-2;1-5-12(3)13(4)8-6-7-11(2)9-10-14/h8,10-11,13-14H,6-7,9H2,1-5H3;6,8-9,12-14H,5,7,10H2,1-4H3/b10-8+,12-11+;8-6+,11-9+/t13-,14-;12-,13-/m00/s1. The van der Waals surface area contributed by atoms with E-state index in [1.54, 1.807) is 6.08 Å². The number of ether oxygens (including phenoxy) is 1. The summed E-state index contributed by atoms with van der Waals surface area (Å²) < 4.78 is 4.86. The number of carbonyl (C=O) groups excluding carboxylic acids is 1. The maximum absolute atomic E-state index is 11.2. The second-order valence-electron chi connectivity index (χ2n) is 8.73. The fourth-order valence-electron chi connectivity index (χ4n) is 2.74. The molecular weight excluding hydrogens is 384 g/mol. The lowest BCUT2D eigenvalue weighted by Gasteiger charge is -2.13. The summed E-state index contributed by atoms with van der Waals surface area (Å²) in [6.07, 6.45) is 16.5. The average Bonchev–Trinajstić information content (AvgIpc) is 2.72. The number of aliphatic hydroxyl groups is 1. The molecule has 0 saturated carbocycles. The Morgan fingerprint density at radius 1 is 0.839 bits per heavy atom. The lowest BCUT2D eigenvalue weighted by Crippen LogP contribution is -2.03. The highest BCUT2D eigenvalue weighted by Crippen LogP contribution is 2.17. The molecule has 0 spiro atoms. The normalized spacial score (nSPS) is 16.6. The number of hydrogen-bond acceptors (Lipinski definition) is 3. The smallest absolute Gasteiger partial charge is 0.330 e. The molecule has 0 fully saturated rings. The van der Waals surface area contributed by atoms with E-state index < -0.39 is 0 Å². The molecule has 31 heavy (non-hydrogen) atoms. The van der Waals surface area contributed by atoms with Crippen molar-refractivity contribution < 1.29 is 14.6 Å². The Hall–Kier alpha value is -1.61. The first-order valence-corrected chi connectivity index (χ1v) is 12.1. The van der Waals surface area contributed by atoms with E-state index in [4.69, 9.17) is 9.84 Å². The Labute approximate surface area is 193 Å². The van der Waals surface area contributed by atoms with Crippen molar-refractivity contribution in [3.05, 3.63) is 47.6 Å². The summed E-state index contributed by atoms with van der Waals surface area (Å²) >= 11 is 0. The molecule has 0 aliphatic carbocycles. The summed E-state index contributed by atoms with van der Waals surface area (Å²) in [5, 5.41) is 8.67. The van der Waals surface area contributed by atoms with E-state index in [1.165, 1.54) is 18.4 Å². The first-order chi connectivity index (χ1) is 14.6. The third-order valence-electron chi connectivity index (χ3n) is 5.93. The van der Waals surface area contributed by atoms with Crippen molar-refractivity contribution in [3.63, 3.8) is 0 Å². The van der Waals surface area contributed by atoms with Crippen LogP contribution in [0.2, 0.25) is 0 Å². The minimum atomic E-state index is -0.242. The first kappa shape index (κ1) is 31.6. The minimum Gasteiger partial charge on any atom is -0.463 e. The summed E-state index contributed by atoms with van der Waals surface area (Å²) in [6.45, 7) is 19.9. The summed E-state index contributed by atoms with van der Waals surface area (Å²) in [5.41, 5.74) is 2.27. The van der Waals surface area contributed by atoms with Gasteiger partial charge in [0.15, 0.2) is 0 Å². The Morgan fingerprint density at radius 3 is 1.68 bits per heavy atom. The van der Waals surface area contributed by atoms with Gasteiger partial charge in [-0.25, -0.2) is 4.79 Å². The molecule has 0 aromatic carbocycles. The molecule has 0 saturated heterocycles. The van der Waals surface area contributed by atoms with E-state index in [1.807, 2.05) is 19.9 Å². The zero-order valence-corrected chi connectivity index (χ0v) is 21.8. The average molecular weight is 435 g/mol. The molecule has 180 valence electrons. The third kappa shape index (κ3) is 18.8. The number of carbonyl (C=O) groups is 1. The number of rotatable bonds is 13. The van der Waals surface area contributed by atoms with E-state index in [2.05, 4.69) is 72.8 Å². The molecule has 4 atom stereocenters. The number of aliphatic hydroxyl groups excluding tert-OH is 1. The molecular formula is C28H50O3. The Kier molecular flexibility index (Phi) is 20.7. The highest BCUT2D eigenvalue weighted by Gasteiger charge is 2.06. The van der Waals surface area contributed by atoms with Crippen molar-refractivity contribution in [2.24, 2.45) is 23.7 Å². The van der Waals surface area contributed by atoms with Gasteiger partial charge in [-0.05, 0) is 57.3 Å². The third-order valence-corrected chi connectivity index (χ3v) is 5.93. The largest absolute Gasteiger partial charge is 0.463 e. The molecule has 1 N–H and O–H groups in total. The Morgan fingerprint density at radius 2 is 1.29 bits per heavy atom. The predicted octanol–water partition coefficient (Wildman–Crippen LogP) is 7.68. The topological polar surface area (TPSA) is 46.5 Å². The molecule has 0 aliphatic rings. The molecule has 0 bridgehead atoms. The molecule has 0 radical (unpaired) electrons. The van der Waals surface area contributed by atoms with Crippen LogP contribution in [0.5, 0.6) is 0 Å². The van der Waals surface area contributed by atoms with Gasteiger partial charge in [0.1, 0.15) is 0 Å². The Bertz CT molecular complexity index is 569. The van der Waals surface area contributed by atoms with Gasteiger partial charge in [-0.2, -0.15) is 0 Å². The van der Waals surface area contributed by atoms with Crippen molar-refractivity contribution in [1.82, 2.24) is 0 Å². The SMILES string of the molecule is CCOC(=O)/C=C(\C)C/C=C/[C@H](C)[C@@H](C)CC.CC[C@H](C)[C@@H](C)/C=C/C/C(C)=C/CO. The minimum absolute atomic E-state index is 0.153. The van der Waals surface area contributed by atoms with Gasteiger partial charge in [0, 0.05) is 6.08 Å². The second-order valence-corrected chi connectivity index (χ2v) is 8.73. The lowest BCUT2D eigenvalue weighted by molar-refractivity contribution is -0.137. The van der Waals surface area contributed by atoms with Crippen LogP contribution >= 0.6 is 0 Å². The number of hydrogen-bond donors (Lipinski definition) is 1. The van der Waals surface area contributed by atoms with Gasteiger partial charge >= 0.3 is 5.97 Å². The first-order valence-electron chi connectivity index (χ1n) is 12.1. The maximum Gasteiger partial charge on any atom is 0.330 e. The molecule has 0 amide bonds. The van der Waals surface area contributed by atoms with Crippen molar-refractivity contribution in [2.75, 3.05) is 13.2 Å². The second kappa shape index (κ2) is 20.3. The van der Waals surface area contributed by atoms with Crippen LogP contribution in [0.25, 0.3) is 0 Å². The summed E-state index contributed by atoms with van der Waals surface area (Å²) in [7, 11) is 0. The summed E-state index contributed by atoms with van der Waals surface area (Å²) in [5.74, 6) is 2.47. The summed E-state index contributed by atoms with van der Waals surface area (Å²) in [6, 6.07) is 0. The van der Waals surface area contributed by atoms with E-state index in [9.17, 15) is 4.79 Å². The lowest BCUT2D eigenvalue weighted by atomic mass is 9.93. The van der Waals surface area contributed by atoms with Crippen LogP contribution < -0.4 is 0 Å². The van der Waals surface area contributed by atoms with Crippen LogP contribution in [0.4, 0.5) is 0 Å². The zero-order chi connectivity index (χ0) is 24.2. The van der Waals surface area contributed by atoms with Crippen molar-refractivity contribution in [3.8, 4) is 0 Å². The fraction of sp³-hybridized carbons (Fsp3) is 0.679. The van der Waals surface area contributed by atoms with Crippen molar-refractivity contribution in [1.29, 1.82) is 0 Å². The van der Waals surface area contributed by atoms with Gasteiger partial charge in [0.2, 0.25) is 0 Å². The van der Waals surface area contributed by atoms with Crippen LogP contribution in [0, 0.1) is 23.7 Å². The number of allylic oxidation sites excluding steroid dienone is 6. The molecule has 0 aromatic rings. The van der Waals surface area contributed by atoms with Gasteiger partial charge in [-0.1, -0.05) is 95.9 Å². The van der Waals surface area contributed by atoms with Gasteiger partial charge < -0.3 is 9.84 Å². The van der Waals surface area contributed by atoms with Crippen LogP contribution in [-0.4, -0.2) is 24.3 Å². The van der Waals surface area contributed by atoms with E-state index >= 15 is 0 Å². The molecule has 0 rings (SSSR count). The molecule has 0 heterocycles. The van der Waals surface area contributed by atoms with Crippen LogP contribution in [0.1, 0.15) is 88.0 Å². The molecule has 0 aliphatic heterocycles. The predicted molar refractivity (Wildman–Crippen MR) is 136 cm³/mol.